The van der Waals surface area contributed by atoms with Gasteiger partial charge in [-0.2, -0.15) is 0 Å². The first-order valence-electron chi connectivity index (χ1n) is 5.47. The number of oxime groups is 1. The summed E-state index contributed by atoms with van der Waals surface area (Å²) in [6.45, 7) is 0. The van der Waals surface area contributed by atoms with Crippen LogP contribution >= 0.6 is 0 Å². The summed E-state index contributed by atoms with van der Waals surface area (Å²) < 4.78 is 5.40. The zero-order chi connectivity index (χ0) is 14.5. The highest BCUT2D eigenvalue weighted by Gasteiger charge is 2.17. The van der Waals surface area contributed by atoms with Crippen molar-refractivity contribution in [3.05, 3.63) is 58.3 Å². The van der Waals surface area contributed by atoms with E-state index in [4.69, 9.17) is 15.7 Å². The van der Waals surface area contributed by atoms with Crippen LogP contribution in [0.4, 0.5) is 5.69 Å². The number of pyridine rings is 1. The van der Waals surface area contributed by atoms with Crippen LogP contribution in [0.5, 0.6) is 11.6 Å². The highest BCUT2D eigenvalue weighted by atomic mass is 16.6. The number of amidine groups is 1. The van der Waals surface area contributed by atoms with Crippen molar-refractivity contribution in [2.24, 2.45) is 10.9 Å². The van der Waals surface area contributed by atoms with Crippen LogP contribution in [0.1, 0.15) is 5.56 Å². The molecule has 3 N–H and O–H groups in total. The Kier molecular flexibility index (Phi) is 3.75. The molecule has 8 nitrogen and oxygen atoms in total. The van der Waals surface area contributed by atoms with Crippen LogP contribution in [0, 0.1) is 10.1 Å². The molecular formula is C12H10N4O4. The standard InChI is InChI=1S/C12H10N4O4/c13-11(15-17)8-4-3-7-14-12(8)20-10-6-2-1-5-9(10)16(18)19/h1-7,17H,(H2,13,15). The number of hydrogen-bond acceptors (Lipinski definition) is 6. The van der Waals surface area contributed by atoms with Crippen molar-refractivity contribution in [3.63, 3.8) is 0 Å². The third kappa shape index (κ3) is 2.64. The number of aromatic nitrogens is 1. The van der Waals surface area contributed by atoms with Crippen LogP contribution in [0.25, 0.3) is 0 Å². The normalized spacial score (nSPS) is 11.1. The number of hydrogen-bond donors (Lipinski definition) is 2. The first kappa shape index (κ1) is 13.3. The van der Waals surface area contributed by atoms with Crippen LogP contribution in [0.3, 0.4) is 0 Å². The van der Waals surface area contributed by atoms with Crippen molar-refractivity contribution in [2.45, 2.75) is 0 Å². The number of nitrogens with zero attached hydrogens (tertiary/aromatic N) is 3. The van der Waals surface area contributed by atoms with Gasteiger partial charge in [-0.05, 0) is 18.2 Å². The van der Waals surface area contributed by atoms with E-state index in [2.05, 4.69) is 10.1 Å². The maximum Gasteiger partial charge on any atom is 0.311 e. The van der Waals surface area contributed by atoms with Crippen LogP contribution in [-0.2, 0) is 0 Å². The molecule has 20 heavy (non-hydrogen) atoms. The molecule has 1 aromatic heterocycles. The largest absolute Gasteiger partial charge is 0.431 e. The molecular weight excluding hydrogens is 264 g/mol. The topological polar surface area (TPSA) is 124 Å². The maximum absolute atomic E-state index is 10.9. The fraction of sp³-hybridized carbons (Fsp3) is 0. The van der Waals surface area contributed by atoms with Crippen molar-refractivity contribution in [1.82, 2.24) is 4.98 Å². The second-order valence-electron chi connectivity index (χ2n) is 3.67. The minimum Gasteiger partial charge on any atom is -0.431 e. The number of rotatable bonds is 4. The predicted octanol–water partition coefficient (Wildman–Crippen LogP) is 1.88. The average Bonchev–Trinajstić information content (AvgIpc) is 2.47. The second-order valence-corrected chi connectivity index (χ2v) is 3.67. The molecule has 0 bridgehead atoms. The van der Waals surface area contributed by atoms with Gasteiger partial charge in [0.25, 0.3) is 0 Å². The monoisotopic (exact) mass is 274 g/mol. The summed E-state index contributed by atoms with van der Waals surface area (Å²) in [4.78, 5) is 14.3. The van der Waals surface area contributed by atoms with Gasteiger partial charge < -0.3 is 15.7 Å². The van der Waals surface area contributed by atoms with Crippen LogP contribution < -0.4 is 10.5 Å². The van der Waals surface area contributed by atoms with Gasteiger partial charge >= 0.3 is 5.69 Å². The van der Waals surface area contributed by atoms with E-state index in [9.17, 15) is 10.1 Å². The van der Waals surface area contributed by atoms with E-state index in [1.54, 1.807) is 12.1 Å². The summed E-state index contributed by atoms with van der Waals surface area (Å²) in [6.07, 6.45) is 1.43. The van der Waals surface area contributed by atoms with Gasteiger partial charge in [-0.25, -0.2) is 4.98 Å². The Hall–Kier alpha value is -3.16. The molecule has 0 unspecified atom stereocenters. The Bertz CT molecular complexity index is 672. The van der Waals surface area contributed by atoms with E-state index in [1.165, 1.54) is 30.5 Å². The highest BCUT2D eigenvalue weighted by molar-refractivity contribution is 5.99. The van der Waals surface area contributed by atoms with Gasteiger partial charge in [0.1, 0.15) is 0 Å². The van der Waals surface area contributed by atoms with Crippen LogP contribution in [0.2, 0.25) is 0 Å². The third-order valence-electron chi connectivity index (χ3n) is 2.42. The molecule has 8 heteroatoms. The summed E-state index contributed by atoms with van der Waals surface area (Å²) in [5.41, 5.74) is 5.52. The fourth-order valence-corrected chi connectivity index (χ4v) is 1.52. The van der Waals surface area contributed by atoms with Gasteiger partial charge in [0.05, 0.1) is 10.5 Å². The van der Waals surface area contributed by atoms with E-state index in [-0.39, 0.29) is 28.7 Å². The summed E-state index contributed by atoms with van der Waals surface area (Å²) >= 11 is 0. The zero-order valence-corrected chi connectivity index (χ0v) is 10.1. The molecule has 1 aromatic carbocycles. The van der Waals surface area contributed by atoms with Gasteiger partial charge in [0, 0.05) is 12.3 Å². The number of para-hydroxylation sites is 2. The number of nitro groups is 1. The maximum atomic E-state index is 10.9. The minimum absolute atomic E-state index is 0.0112. The Morgan fingerprint density at radius 2 is 2.10 bits per heavy atom. The lowest BCUT2D eigenvalue weighted by molar-refractivity contribution is -0.385. The molecule has 0 saturated heterocycles. The molecule has 0 saturated carbocycles. The van der Waals surface area contributed by atoms with Crippen LogP contribution in [0.15, 0.2) is 47.8 Å². The molecule has 2 aromatic rings. The van der Waals surface area contributed by atoms with E-state index in [1.807, 2.05) is 0 Å². The number of ether oxygens (including phenoxy) is 1. The van der Waals surface area contributed by atoms with Crippen molar-refractivity contribution in [1.29, 1.82) is 0 Å². The lowest BCUT2D eigenvalue weighted by atomic mass is 10.2. The van der Waals surface area contributed by atoms with E-state index < -0.39 is 4.92 Å². The molecule has 0 fully saturated rings. The molecule has 1 heterocycles. The smallest absolute Gasteiger partial charge is 0.311 e. The second kappa shape index (κ2) is 5.65. The predicted molar refractivity (Wildman–Crippen MR) is 69.9 cm³/mol. The first-order valence-corrected chi connectivity index (χ1v) is 5.47. The molecule has 102 valence electrons. The van der Waals surface area contributed by atoms with Gasteiger partial charge in [0.15, 0.2) is 5.84 Å². The molecule has 0 radical (unpaired) electrons. The zero-order valence-electron chi connectivity index (χ0n) is 10.1. The molecule has 0 aliphatic rings. The summed E-state index contributed by atoms with van der Waals surface area (Å²) in [5.74, 6) is -0.174. The molecule has 0 amide bonds. The molecule has 0 aliphatic carbocycles. The lowest BCUT2D eigenvalue weighted by Gasteiger charge is -2.08. The number of benzene rings is 1. The Labute approximate surface area is 113 Å². The van der Waals surface area contributed by atoms with Gasteiger partial charge in [-0.15, -0.1) is 0 Å². The summed E-state index contributed by atoms with van der Waals surface area (Å²) in [5, 5.41) is 22.5. The van der Waals surface area contributed by atoms with Crippen molar-refractivity contribution in [3.8, 4) is 11.6 Å². The average molecular weight is 274 g/mol. The number of nitro benzene ring substituents is 1. The Morgan fingerprint density at radius 3 is 2.80 bits per heavy atom. The van der Waals surface area contributed by atoms with Gasteiger partial charge in [-0.1, -0.05) is 17.3 Å². The summed E-state index contributed by atoms with van der Waals surface area (Å²) in [7, 11) is 0. The fourth-order valence-electron chi connectivity index (χ4n) is 1.52. The van der Waals surface area contributed by atoms with Crippen molar-refractivity contribution < 1.29 is 14.9 Å². The van der Waals surface area contributed by atoms with Crippen molar-refractivity contribution >= 4 is 11.5 Å². The highest BCUT2D eigenvalue weighted by Crippen LogP contribution is 2.31. The van der Waals surface area contributed by atoms with E-state index in [0.717, 1.165) is 0 Å². The molecule has 0 spiro atoms. The lowest BCUT2D eigenvalue weighted by Crippen LogP contribution is -2.14. The molecule has 2 rings (SSSR count). The first-order chi connectivity index (χ1) is 9.63. The van der Waals surface area contributed by atoms with E-state index in [0.29, 0.717) is 0 Å². The third-order valence-corrected chi connectivity index (χ3v) is 2.42. The quantitative estimate of drug-likeness (QED) is 0.288. The molecule has 0 atom stereocenters. The molecule has 0 aliphatic heterocycles. The van der Waals surface area contributed by atoms with Crippen LogP contribution in [-0.4, -0.2) is 21.0 Å². The van der Waals surface area contributed by atoms with Gasteiger partial charge in [0.2, 0.25) is 11.6 Å². The SMILES string of the molecule is N/C(=N\O)c1cccnc1Oc1ccccc1[N+](=O)[O-]. The minimum atomic E-state index is -0.568. The van der Waals surface area contributed by atoms with Crippen molar-refractivity contribution in [2.75, 3.05) is 0 Å². The summed E-state index contributed by atoms with van der Waals surface area (Å²) in [6, 6.07) is 8.94. The Balaban J connectivity index is 2.44. The van der Waals surface area contributed by atoms with Gasteiger partial charge in [-0.3, -0.25) is 10.1 Å². The number of nitrogens with two attached hydrogens (primary N) is 1. The van der Waals surface area contributed by atoms with E-state index >= 15 is 0 Å². The Morgan fingerprint density at radius 1 is 1.35 bits per heavy atom.